The number of thioether (sulfide) groups is 1. The van der Waals surface area contributed by atoms with Gasteiger partial charge in [0.25, 0.3) is 11.7 Å². The summed E-state index contributed by atoms with van der Waals surface area (Å²) in [6.45, 7) is 3.57. The van der Waals surface area contributed by atoms with Crippen LogP contribution in [0.3, 0.4) is 0 Å². The number of carbonyl (C=O) groups is 2. The molecule has 8 nitrogen and oxygen atoms in total. The maximum atomic E-state index is 13.4. The molecule has 1 atom stereocenters. The van der Waals surface area contributed by atoms with Gasteiger partial charge in [0, 0.05) is 30.2 Å². The number of hydrogen-bond donors (Lipinski definition) is 1. The number of imidazole rings is 1. The predicted molar refractivity (Wildman–Crippen MR) is 115 cm³/mol. The van der Waals surface area contributed by atoms with Gasteiger partial charge in [-0.1, -0.05) is 18.7 Å². The Bertz CT molecular complexity index is 999. The monoisotopic (exact) mass is 451 g/mol. The van der Waals surface area contributed by atoms with Crippen LogP contribution in [0.1, 0.15) is 13.3 Å². The second kappa shape index (κ2) is 8.74. The first-order valence-corrected chi connectivity index (χ1v) is 11.0. The van der Waals surface area contributed by atoms with Crippen LogP contribution in [0.25, 0.3) is 11.4 Å². The molecule has 11 heteroatoms. The van der Waals surface area contributed by atoms with Gasteiger partial charge in [0.2, 0.25) is 5.91 Å². The van der Waals surface area contributed by atoms with Gasteiger partial charge in [0.1, 0.15) is 24.2 Å². The predicted octanol–water partition coefficient (Wildman–Crippen LogP) is 2.95. The standard InChI is InChI=1S/C20H23F2N5O3S/c1-2-5-25(9-16(23)28)12-3-4-13-15(8-12)30-7-6-26-10-17(24-19(13)26)27-14(18(21)22)11-31-20(27)29/h3-4,8,10,14,18H,2,5-7,9,11H2,1H3,(H2,23,28). The number of fused-ring (bicyclic) bond motifs is 3. The van der Waals surface area contributed by atoms with Gasteiger partial charge in [-0.3, -0.25) is 14.5 Å². The third-order valence-corrected chi connectivity index (χ3v) is 6.16. The van der Waals surface area contributed by atoms with Crippen molar-refractivity contribution in [2.75, 3.05) is 35.2 Å². The van der Waals surface area contributed by atoms with E-state index in [1.165, 1.54) is 0 Å². The zero-order valence-corrected chi connectivity index (χ0v) is 17.8. The minimum Gasteiger partial charge on any atom is -0.491 e. The van der Waals surface area contributed by atoms with Crippen LogP contribution in [0.2, 0.25) is 0 Å². The molecule has 1 saturated heterocycles. The molecule has 2 aromatic rings. The average molecular weight is 451 g/mol. The number of rotatable bonds is 7. The maximum Gasteiger partial charge on any atom is 0.287 e. The number of ether oxygens (including phenoxy) is 1. The lowest BCUT2D eigenvalue weighted by atomic mass is 10.1. The number of nitrogens with zero attached hydrogens (tertiary/aromatic N) is 4. The first-order valence-electron chi connectivity index (χ1n) is 10.0. The molecule has 3 heterocycles. The summed E-state index contributed by atoms with van der Waals surface area (Å²) >= 11 is 0.877. The van der Waals surface area contributed by atoms with E-state index in [0.717, 1.165) is 28.8 Å². The molecule has 0 aliphatic carbocycles. The highest BCUT2D eigenvalue weighted by atomic mass is 32.2. The zero-order chi connectivity index (χ0) is 22.1. The zero-order valence-electron chi connectivity index (χ0n) is 17.0. The number of benzene rings is 1. The van der Waals surface area contributed by atoms with Crippen LogP contribution in [-0.2, 0) is 11.3 Å². The van der Waals surface area contributed by atoms with Gasteiger partial charge in [-0.15, -0.1) is 0 Å². The molecule has 2 aliphatic heterocycles. The molecular weight excluding hydrogens is 428 g/mol. The van der Waals surface area contributed by atoms with Crippen LogP contribution in [0.15, 0.2) is 24.4 Å². The number of carbonyl (C=O) groups excluding carboxylic acids is 2. The first-order chi connectivity index (χ1) is 14.9. The summed E-state index contributed by atoms with van der Waals surface area (Å²) in [4.78, 5) is 31.2. The molecule has 1 aromatic carbocycles. The van der Waals surface area contributed by atoms with Gasteiger partial charge in [0.05, 0.1) is 18.7 Å². The van der Waals surface area contributed by atoms with E-state index in [9.17, 15) is 18.4 Å². The lowest BCUT2D eigenvalue weighted by Crippen LogP contribution is -2.38. The summed E-state index contributed by atoms with van der Waals surface area (Å²) in [7, 11) is 0. The fourth-order valence-electron chi connectivity index (χ4n) is 3.81. The summed E-state index contributed by atoms with van der Waals surface area (Å²) in [5.74, 6) is 0.949. The minimum absolute atomic E-state index is 0.0366. The van der Waals surface area contributed by atoms with E-state index in [1.807, 2.05) is 34.6 Å². The summed E-state index contributed by atoms with van der Waals surface area (Å²) in [6.07, 6.45) is -0.183. The summed E-state index contributed by atoms with van der Waals surface area (Å²) in [5, 5.41) is -0.424. The first kappa shape index (κ1) is 21.4. The number of alkyl halides is 2. The quantitative estimate of drug-likeness (QED) is 0.696. The molecule has 31 heavy (non-hydrogen) atoms. The van der Waals surface area contributed by atoms with Crippen LogP contribution in [-0.4, -0.2) is 58.6 Å². The van der Waals surface area contributed by atoms with Crippen molar-refractivity contribution in [3.05, 3.63) is 24.4 Å². The Hall–Kier alpha value is -2.82. The van der Waals surface area contributed by atoms with Crippen molar-refractivity contribution in [2.24, 2.45) is 5.73 Å². The van der Waals surface area contributed by atoms with Gasteiger partial charge in [-0.2, -0.15) is 0 Å². The van der Waals surface area contributed by atoms with Crippen LogP contribution >= 0.6 is 11.8 Å². The van der Waals surface area contributed by atoms with Gasteiger partial charge in [-0.25, -0.2) is 13.8 Å². The van der Waals surface area contributed by atoms with Crippen molar-refractivity contribution >= 4 is 34.4 Å². The van der Waals surface area contributed by atoms with E-state index < -0.39 is 23.6 Å². The number of anilines is 2. The second-order valence-corrected chi connectivity index (χ2v) is 8.35. The SMILES string of the molecule is CCCN(CC(N)=O)c1ccc2c(c1)OCCn1cc(N3C(=O)SCC3C(F)F)nc1-2. The molecule has 0 spiro atoms. The summed E-state index contributed by atoms with van der Waals surface area (Å²) < 4.78 is 34.5. The summed E-state index contributed by atoms with van der Waals surface area (Å²) in [6, 6.07) is 4.32. The molecule has 2 amide bonds. The van der Waals surface area contributed by atoms with E-state index in [1.54, 1.807) is 6.20 Å². The van der Waals surface area contributed by atoms with E-state index in [0.29, 0.717) is 36.8 Å². The lowest BCUT2D eigenvalue weighted by Gasteiger charge is -2.23. The summed E-state index contributed by atoms with van der Waals surface area (Å²) in [5.41, 5.74) is 6.87. The molecular formula is C20H23F2N5O3S. The molecule has 0 radical (unpaired) electrons. The van der Waals surface area contributed by atoms with Crippen LogP contribution < -0.4 is 20.3 Å². The Morgan fingerprint density at radius 3 is 2.97 bits per heavy atom. The van der Waals surface area contributed by atoms with Crippen molar-refractivity contribution in [2.45, 2.75) is 32.4 Å². The maximum absolute atomic E-state index is 13.4. The molecule has 0 bridgehead atoms. The molecule has 1 aromatic heterocycles. The molecule has 0 saturated carbocycles. The average Bonchev–Trinajstić information content (AvgIpc) is 3.26. The molecule has 4 rings (SSSR count). The fraction of sp³-hybridized carbons (Fsp3) is 0.450. The highest BCUT2D eigenvalue weighted by molar-refractivity contribution is 8.14. The van der Waals surface area contributed by atoms with E-state index >= 15 is 0 Å². The molecule has 2 aliphatic rings. The number of nitrogens with two attached hydrogens (primary N) is 1. The van der Waals surface area contributed by atoms with Gasteiger partial charge in [-0.05, 0) is 18.6 Å². The normalized spacial score (nSPS) is 17.9. The minimum atomic E-state index is -2.64. The highest BCUT2D eigenvalue weighted by Gasteiger charge is 2.40. The number of aromatic nitrogens is 2. The molecule has 166 valence electrons. The Labute approximate surface area is 182 Å². The van der Waals surface area contributed by atoms with Crippen LogP contribution in [0, 0.1) is 0 Å². The van der Waals surface area contributed by atoms with Crippen molar-refractivity contribution in [1.29, 1.82) is 0 Å². The van der Waals surface area contributed by atoms with Crippen molar-refractivity contribution in [3.8, 4) is 17.1 Å². The van der Waals surface area contributed by atoms with Gasteiger partial charge >= 0.3 is 0 Å². The van der Waals surface area contributed by atoms with Crippen LogP contribution in [0.4, 0.5) is 25.1 Å². The Balaban J connectivity index is 1.70. The molecule has 2 N–H and O–H groups in total. The number of amides is 2. The topological polar surface area (TPSA) is 93.7 Å². The Morgan fingerprint density at radius 2 is 2.26 bits per heavy atom. The number of primary amides is 1. The van der Waals surface area contributed by atoms with E-state index in [-0.39, 0.29) is 18.1 Å². The van der Waals surface area contributed by atoms with Gasteiger partial charge in [0.15, 0.2) is 5.82 Å². The Morgan fingerprint density at radius 1 is 1.45 bits per heavy atom. The third kappa shape index (κ3) is 4.18. The second-order valence-electron chi connectivity index (χ2n) is 7.38. The third-order valence-electron chi connectivity index (χ3n) is 5.21. The van der Waals surface area contributed by atoms with Gasteiger partial charge < -0.3 is 19.9 Å². The highest BCUT2D eigenvalue weighted by Crippen LogP contribution is 2.38. The van der Waals surface area contributed by atoms with E-state index in [2.05, 4.69) is 4.98 Å². The molecule has 1 fully saturated rings. The van der Waals surface area contributed by atoms with Crippen LogP contribution in [0.5, 0.6) is 5.75 Å². The smallest absolute Gasteiger partial charge is 0.287 e. The largest absolute Gasteiger partial charge is 0.491 e. The lowest BCUT2D eigenvalue weighted by molar-refractivity contribution is -0.116. The molecule has 1 unspecified atom stereocenters. The Kier molecular flexibility index (Phi) is 6.03. The fourth-order valence-corrected chi connectivity index (χ4v) is 4.79. The number of hydrogen-bond acceptors (Lipinski definition) is 6. The van der Waals surface area contributed by atoms with E-state index in [4.69, 9.17) is 10.5 Å². The van der Waals surface area contributed by atoms with Crippen molar-refractivity contribution in [1.82, 2.24) is 9.55 Å². The van der Waals surface area contributed by atoms with Crippen molar-refractivity contribution < 1.29 is 23.1 Å². The number of halogens is 2. The van der Waals surface area contributed by atoms with Crippen molar-refractivity contribution in [3.63, 3.8) is 0 Å².